The van der Waals surface area contributed by atoms with Crippen LogP contribution in [0.25, 0.3) is 6.08 Å². The van der Waals surface area contributed by atoms with E-state index in [4.69, 9.17) is 9.47 Å². The average molecular weight is 292 g/mol. The van der Waals surface area contributed by atoms with Crippen LogP contribution in [0.4, 0.5) is 0 Å². The molecule has 0 N–H and O–H groups in total. The van der Waals surface area contributed by atoms with Gasteiger partial charge in [0, 0.05) is 6.08 Å². The quantitative estimate of drug-likeness (QED) is 0.616. The first kappa shape index (κ1) is 16.8. The number of ether oxygens (including phenoxy) is 3. The number of methoxy groups -OCH3 is 1. The molecule has 114 valence electrons. The molecule has 0 saturated heterocycles. The third-order valence-electron chi connectivity index (χ3n) is 2.27. The van der Waals surface area contributed by atoms with Crippen molar-refractivity contribution < 1.29 is 23.8 Å². The Kier molecular flexibility index (Phi) is 5.96. The summed E-state index contributed by atoms with van der Waals surface area (Å²) in [4.78, 5) is 22.5. The standard InChI is InChI=1S/C16H20O5/c1-16(2,3)21-15(18)11-20-13-8-5-12(6-9-13)7-10-14(17)19-4/h5-10H,11H2,1-4H3/b10-7+. The fraction of sp³-hybridized carbons (Fsp3) is 0.375. The highest BCUT2D eigenvalue weighted by atomic mass is 16.6. The number of carbonyl (C=O) groups excluding carboxylic acids is 2. The molecule has 5 nitrogen and oxygen atoms in total. The molecule has 0 saturated carbocycles. The van der Waals surface area contributed by atoms with Gasteiger partial charge in [0.2, 0.25) is 0 Å². The molecule has 0 aliphatic carbocycles. The van der Waals surface area contributed by atoms with Gasteiger partial charge in [-0.2, -0.15) is 0 Å². The van der Waals surface area contributed by atoms with Gasteiger partial charge < -0.3 is 14.2 Å². The van der Waals surface area contributed by atoms with Crippen LogP contribution in [0.15, 0.2) is 30.3 Å². The SMILES string of the molecule is COC(=O)/C=C/c1ccc(OCC(=O)OC(C)(C)C)cc1. The lowest BCUT2D eigenvalue weighted by Gasteiger charge is -2.19. The van der Waals surface area contributed by atoms with E-state index >= 15 is 0 Å². The molecule has 1 rings (SSSR count). The fourth-order valence-electron chi connectivity index (χ4n) is 1.42. The lowest BCUT2D eigenvalue weighted by Crippen LogP contribution is -2.27. The van der Waals surface area contributed by atoms with Crippen molar-refractivity contribution in [2.45, 2.75) is 26.4 Å². The van der Waals surface area contributed by atoms with Crippen molar-refractivity contribution >= 4 is 18.0 Å². The Morgan fingerprint density at radius 1 is 1.14 bits per heavy atom. The van der Waals surface area contributed by atoms with E-state index in [0.29, 0.717) is 5.75 Å². The largest absolute Gasteiger partial charge is 0.482 e. The molecule has 0 radical (unpaired) electrons. The zero-order valence-electron chi connectivity index (χ0n) is 12.7. The summed E-state index contributed by atoms with van der Waals surface area (Å²) in [6, 6.07) is 6.95. The van der Waals surface area contributed by atoms with Gasteiger partial charge in [0.25, 0.3) is 0 Å². The number of benzene rings is 1. The Labute approximate surface area is 124 Å². The molecule has 1 aromatic carbocycles. The lowest BCUT2D eigenvalue weighted by atomic mass is 10.2. The van der Waals surface area contributed by atoms with E-state index in [1.807, 2.05) is 0 Å². The number of hydrogen-bond acceptors (Lipinski definition) is 5. The molecule has 0 aliphatic heterocycles. The Hall–Kier alpha value is -2.30. The van der Waals surface area contributed by atoms with Crippen LogP contribution in [0.5, 0.6) is 5.75 Å². The number of hydrogen-bond donors (Lipinski definition) is 0. The van der Waals surface area contributed by atoms with Crippen molar-refractivity contribution in [1.29, 1.82) is 0 Å². The second kappa shape index (κ2) is 7.47. The van der Waals surface area contributed by atoms with E-state index in [2.05, 4.69) is 4.74 Å². The predicted molar refractivity (Wildman–Crippen MR) is 78.8 cm³/mol. The van der Waals surface area contributed by atoms with Crippen molar-refractivity contribution in [1.82, 2.24) is 0 Å². The Morgan fingerprint density at radius 2 is 1.76 bits per heavy atom. The number of esters is 2. The van der Waals surface area contributed by atoms with E-state index in [1.54, 1.807) is 51.1 Å². The van der Waals surface area contributed by atoms with E-state index in [-0.39, 0.29) is 6.61 Å². The molecular weight excluding hydrogens is 272 g/mol. The summed E-state index contributed by atoms with van der Waals surface area (Å²) in [7, 11) is 1.32. The normalized spacial score (nSPS) is 11.2. The molecule has 0 fully saturated rings. The molecule has 0 unspecified atom stereocenters. The predicted octanol–water partition coefficient (Wildman–Crippen LogP) is 2.59. The number of rotatable bonds is 5. The Balaban J connectivity index is 2.50. The summed E-state index contributed by atoms with van der Waals surface area (Å²) < 4.78 is 15.0. The zero-order valence-corrected chi connectivity index (χ0v) is 12.7. The van der Waals surface area contributed by atoms with Gasteiger partial charge in [0.1, 0.15) is 11.4 Å². The van der Waals surface area contributed by atoms with Gasteiger partial charge >= 0.3 is 11.9 Å². The third-order valence-corrected chi connectivity index (χ3v) is 2.27. The summed E-state index contributed by atoms with van der Waals surface area (Å²) in [6.45, 7) is 5.25. The molecule has 1 aromatic rings. The van der Waals surface area contributed by atoms with E-state index in [1.165, 1.54) is 13.2 Å². The van der Waals surface area contributed by atoms with Crippen LogP contribution < -0.4 is 4.74 Å². The molecular formula is C16H20O5. The van der Waals surface area contributed by atoms with Crippen molar-refractivity contribution in [3.8, 4) is 5.75 Å². The minimum atomic E-state index is -0.525. The second-order valence-electron chi connectivity index (χ2n) is 5.30. The van der Waals surface area contributed by atoms with E-state index < -0.39 is 17.5 Å². The Morgan fingerprint density at radius 3 is 2.29 bits per heavy atom. The summed E-state index contributed by atoms with van der Waals surface area (Å²) in [5.41, 5.74) is 0.299. The fourth-order valence-corrected chi connectivity index (χ4v) is 1.42. The minimum Gasteiger partial charge on any atom is -0.482 e. The van der Waals surface area contributed by atoms with Gasteiger partial charge in [-0.25, -0.2) is 9.59 Å². The highest BCUT2D eigenvalue weighted by molar-refractivity contribution is 5.86. The topological polar surface area (TPSA) is 61.8 Å². The monoisotopic (exact) mass is 292 g/mol. The molecule has 0 aromatic heterocycles. The highest BCUT2D eigenvalue weighted by Gasteiger charge is 2.16. The second-order valence-corrected chi connectivity index (χ2v) is 5.30. The summed E-state index contributed by atoms with van der Waals surface area (Å²) in [5.74, 6) is -0.284. The minimum absolute atomic E-state index is 0.144. The van der Waals surface area contributed by atoms with Crippen molar-refractivity contribution in [3.63, 3.8) is 0 Å². The first-order valence-corrected chi connectivity index (χ1v) is 6.51. The molecule has 0 amide bonds. The van der Waals surface area contributed by atoms with Crippen molar-refractivity contribution in [3.05, 3.63) is 35.9 Å². The Bertz CT molecular complexity index is 508. The molecule has 0 bridgehead atoms. The van der Waals surface area contributed by atoms with Gasteiger partial charge in [0.15, 0.2) is 6.61 Å². The first-order valence-electron chi connectivity index (χ1n) is 6.51. The van der Waals surface area contributed by atoms with Gasteiger partial charge in [0.05, 0.1) is 7.11 Å². The van der Waals surface area contributed by atoms with Crippen LogP contribution >= 0.6 is 0 Å². The lowest BCUT2D eigenvalue weighted by molar-refractivity contribution is -0.157. The van der Waals surface area contributed by atoms with E-state index in [0.717, 1.165) is 5.56 Å². The molecule has 0 aliphatic rings. The van der Waals surface area contributed by atoms with Crippen LogP contribution in [0.3, 0.4) is 0 Å². The summed E-state index contributed by atoms with van der Waals surface area (Å²) in [6.07, 6.45) is 2.96. The maximum atomic E-state index is 11.5. The maximum Gasteiger partial charge on any atom is 0.344 e. The number of carbonyl (C=O) groups is 2. The molecule has 21 heavy (non-hydrogen) atoms. The average Bonchev–Trinajstić information content (AvgIpc) is 2.41. The van der Waals surface area contributed by atoms with Crippen LogP contribution in [0.2, 0.25) is 0 Å². The van der Waals surface area contributed by atoms with Gasteiger partial charge in [-0.05, 0) is 44.5 Å². The van der Waals surface area contributed by atoms with Crippen LogP contribution in [0, 0.1) is 0 Å². The van der Waals surface area contributed by atoms with Gasteiger partial charge in [-0.1, -0.05) is 12.1 Å². The van der Waals surface area contributed by atoms with Gasteiger partial charge in [-0.15, -0.1) is 0 Å². The summed E-state index contributed by atoms with van der Waals surface area (Å²) in [5, 5.41) is 0. The van der Waals surface area contributed by atoms with Crippen LogP contribution in [-0.2, 0) is 19.1 Å². The maximum absolute atomic E-state index is 11.5. The smallest absolute Gasteiger partial charge is 0.344 e. The van der Waals surface area contributed by atoms with Gasteiger partial charge in [-0.3, -0.25) is 0 Å². The highest BCUT2D eigenvalue weighted by Crippen LogP contribution is 2.14. The van der Waals surface area contributed by atoms with Crippen LogP contribution in [0.1, 0.15) is 26.3 Å². The molecule has 0 spiro atoms. The van der Waals surface area contributed by atoms with Crippen molar-refractivity contribution in [2.75, 3.05) is 13.7 Å². The van der Waals surface area contributed by atoms with Crippen molar-refractivity contribution in [2.24, 2.45) is 0 Å². The summed E-state index contributed by atoms with van der Waals surface area (Å²) >= 11 is 0. The molecule has 0 heterocycles. The van der Waals surface area contributed by atoms with E-state index in [9.17, 15) is 9.59 Å². The molecule has 0 atom stereocenters. The van der Waals surface area contributed by atoms with Crippen LogP contribution in [-0.4, -0.2) is 31.3 Å². The zero-order chi connectivity index (χ0) is 15.9. The molecule has 5 heteroatoms. The first-order chi connectivity index (χ1) is 9.80. The third kappa shape index (κ3) is 7.15.